The Kier molecular flexibility index (Phi) is 6.38. The lowest BCUT2D eigenvalue weighted by atomic mass is 10.2. The van der Waals surface area contributed by atoms with Crippen LogP contribution in [0.1, 0.15) is 34.6 Å². The van der Waals surface area contributed by atoms with E-state index in [9.17, 15) is 4.79 Å². The molecule has 0 radical (unpaired) electrons. The van der Waals surface area contributed by atoms with Gasteiger partial charge >= 0.3 is 6.09 Å². The highest BCUT2D eigenvalue weighted by Gasteiger charge is 2.21. The van der Waals surface area contributed by atoms with Crippen molar-refractivity contribution in [3.63, 3.8) is 0 Å². The minimum Gasteiger partial charge on any atom is -0.444 e. The van der Waals surface area contributed by atoms with Gasteiger partial charge in [0.15, 0.2) is 0 Å². The summed E-state index contributed by atoms with van der Waals surface area (Å²) in [6.07, 6.45) is -0.408. The third-order valence-electron chi connectivity index (χ3n) is 1.35. The van der Waals surface area contributed by atoms with E-state index in [2.05, 4.69) is 18.9 Å². The molecule has 0 rings (SSSR count). The maximum Gasteiger partial charge on any atom is 0.412 e. The summed E-state index contributed by atoms with van der Waals surface area (Å²) in [5.74, 6) is 1.54. The van der Waals surface area contributed by atoms with Crippen molar-refractivity contribution >= 4 is 34.7 Å². The number of carbonyl (C=O) groups excluding carboxylic acids is 1. The molecule has 0 saturated carbocycles. The predicted molar refractivity (Wildman–Crippen MR) is 76.9 cm³/mol. The molecule has 0 heterocycles. The SMILES string of the molecule is CC(C)CSP(C)(=S)NC(=O)OC(C)(C)C. The fourth-order valence-corrected chi connectivity index (χ4v) is 4.75. The topological polar surface area (TPSA) is 38.3 Å². The summed E-state index contributed by atoms with van der Waals surface area (Å²) < 4.78 is 5.18. The molecule has 6 heteroatoms. The zero-order valence-corrected chi connectivity index (χ0v) is 13.4. The van der Waals surface area contributed by atoms with Crippen molar-refractivity contribution in [1.82, 2.24) is 5.09 Å². The first kappa shape index (κ1) is 16.3. The first-order valence-electron chi connectivity index (χ1n) is 5.25. The zero-order valence-electron chi connectivity index (χ0n) is 10.9. The van der Waals surface area contributed by atoms with Gasteiger partial charge in [-0.3, -0.25) is 5.09 Å². The van der Waals surface area contributed by atoms with Gasteiger partial charge < -0.3 is 4.74 Å². The van der Waals surface area contributed by atoms with Gasteiger partial charge in [-0.15, -0.1) is 11.4 Å². The van der Waals surface area contributed by atoms with Gasteiger partial charge in [-0.25, -0.2) is 4.79 Å². The molecule has 1 N–H and O–H groups in total. The van der Waals surface area contributed by atoms with Crippen LogP contribution in [0, 0.1) is 5.92 Å². The smallest absolute Gasteiger partial charge is 0.412 e. The summed E-state index contributed by atoms with van der Waals surface area (Å²) >= 11 is 7.04. The standard InChI is InChI=1S/C10H22NO2PS2/c1-8(2)7-16-14(6,15)11-9(12)13-10(3,4)5/h8H,7H2,1-6H3,(H,11,12,15). The van der Waals surface area contributed by atoms with Crippen LogP contribution in [0.15, 0.2) is 0 Å². The summed E-state index contributed by atoms with van der Waals surface area (Å²) in [5, 5.41) is 0.933. The molecule has 0 aliphatic carbocycles. The second-order valence-electron chi connectivity index (χ2n) is 5.15. The minimum absolute atomic E-state index is 0.408. The molecule has 0 aliphatic rings. The second-order valence-corrected chi connectivity index (χ2v) is 13.5. The molecular formula is C10H22NO2PS2. The lowest BCUT2D eigenvalue weighted by Gasteiger charge is -2.23. The maximum atomic E-state index is 11.5. The largest absolute Gasteiger partial charge is 0.444 e. The number of ether oxygens (including phenoxy) is 1. The Morgan fingerprint density at radius 3 is 2.38 bits per heavy atom. The molecule has 0 aliphatic heterocycles. The van der Waals surface area contributed by atoms with E-state index in [0.717, 1.165) is 5.75 Å². The van der Waals surface area contributed by atoms with E-state index in [4.69, 9.17) is 16.5 Å². The summed E-state index contributed by atoms with van der Waals surface area (Å²) in [5.41, 5.74) is -0.470. The maximum absolute atomic E-state index is 11.5. The molecule has 1 amide bonds. The van der Waals surface area contributed by atoms with Crippen LogP contribution in [-0.2, 0) is 16.5 Å². The van der Waals surface area contributed by atoms with Crippen LogP contribution in [-0.4, -0.2) is 24.1 Å². The number of rotatable bonds is 4. The molecule has 0 aromatic carbocycles. The van der Waals surface area contributed by atoms with Gasteiger partial charge in [0.1, 0.15) is 5.60 Å². The van der Waals surface area contributed by atoms with Crippen molar-refractivity contribution in [3.05, 3.63) is 0 Å². The molecule has 1 unspecified atom stereocenters. The predicted octanol–water partition coefficient (Wildman–Crippen LogP) is 3.84. The van der Waals surface area contributed by atoms with Crippen molar-refractivity contribution < 1.29 is 9.53 Å². The van der Waals surface area contributed by atoms with Crippen molar-refractivity contribution in [2.75, 3.05) is 12.4 Å². The van der Waals surface area contributed by atoms with E-state index >= 15 is 0 Å². The number of amides is 1. The number of hydrogen-bond acceptors (Lipinski definition) is 4. The Morgan fingerprint density at radius 1 is 1.50 bits per heavy atom. The van der Waals surface area contributed by atoms with Crippen LogP contribution >= 0.6 is 16.8 Å². The van der Waals surface area contributed by atoms with Crippen LogP contribution in [0.4, 0.5) is 4.79 Å². The average molecular weight is 283 g/mol. The normalized spacial score (nSPS) is 15.7. The molecule has 96 valence electrons. The number of nitrogens with one attached hydrogen (secondary N) is 1. The molecule has 0 aromatic heterocycles. The van der Waals surface area contributed by atoms with Crippen LogP contribution in [0.2, 0.25) is 0 Å². The third-order valence-corrected chi connectivity index (χ3v) is 6.67. The highest BCUT2D eigenvalue weighted by molar-refractivity contribution is 8.70. The van der Waals surface area contributed by atoms with Crippen molar-refractivity contribution in [3.8, 4) is 0 Å². The summed E-state index contributed by atoms with van der Waals surface area (Å²) in [6.45, 7) is 11.7. The van der Waals surface area contributed by atoms with E-state index < -0.39 is 17.1 Å². The molecule has 0 aromatic rings. The lowest BCUT2D eigenvalue weighted by molar-refractivity contribution is 0.0572. The van der Waals surface area contributed by atoms with Gasteiger partial charge in [0.25, 0.3) is 0 Å². The lowest BCUT2D eigenvalue weighted by Crippen LogP contribution is -2.30. The first-order valence-corrected chi connectivity index (χ1v) is 10.1. The molecule has 0 spiro atoms. The first-order chi connectivity index (χ1) is 7.02. The molecular weight excluding hydrogens is 261 g/mol. The van der Waals surface area contributed by atoms with E-state index in [0.29, 0.717) is 5.92 Å². The van der Waals surface area contributed by atoms with Crippen LogP contribution < -0.4 is 5.09 Å². The summed E-state index contributed by atoms with van der Waals surface area (Å²) in [6, 6.07) is 0. The van der Waals surface area contributed by atoms with E-state index in [1.54, 1.807) is 11.4 Å². The fourth-order valence-electron chi connectivity index (χ4n) is 0.790. The van der Waals surface area contributed by atoms with E-state index in [1.807, 2.05) is 27.4 Å². The van der Waals surface area contributed by atoms with Crippen LogP contribution in [0.3, 0.4) is 0 Å². The highest BCUT2D eigenvalue weighted by atomic mass is 32.9. The van der Waals surface area contributed by atoms with Gasteiger partial charge in [0, 0.05) is 5.75 Å². The fraction of sp³-hybridized carbons (Fsp3) is 0.900. The summed E-state index contributed by atoms with van der Waals surface area (Å²) in [7, 11) is 0. The van der Waals surface area contributed by atoms with E-state index in [-0.39, 0.29) is 0 Å². The highest BCUT2D eigenvalue weighted by Crippen LogP contribution is 2.52. The molecule has 3 nitrogen and oxygen atoms in total. The molecule has 0 bridgehead atoms. The van der Waals surface area contributed by atoms with Crippen molar-refractivity contribution in [2.24, 2.45) is 5.92 Å². The van der Waals surface area contributed by atoms with Gasteiger partial charge in [-0.05, 0) is 33.4 Å². The average Bonchev–Trinajstić information content (AvgIpc) is 1.95. The molecule has 0 fully saturated rings. The van der Waals surface area contributed by atoms with Crippen molar-refractivity contribution in [2.45, 2.75) is 40.2 Å². The van der Waals surface area contributed by atoms with Crippen LogP contribution in [0.5, 0.6) is 0 Å². The van der Waals surface area contributed by atoms with E-state index in [1.165, 1.54) is 0 Å². The quantitative estimate of drug-likeness (QED) is 0.796. The van der Waals surface area contributed by atoms with Gasteiger partial charge in [-0.1, -0.05) is 25.7 Å². The Balaban J connectivity index is 4.16. The third kappa shape index (κ3) is 9.49. The number of hydrogen-bond donors (Lipinski definition) is 1. The van der Waals surface area contributed by atoms with Gasteiger partial charge in [-0.2, -0.15) is 0 Å². The van der Waals surface area contributed by atoms with Gasteiger partial charge in [0.2, 0.25) is 0 Å². The zero-order chi connectivity index (χ0) is 13.0. The summed E-state index contributed by atoms with van der Waals surface area (Å²) in [4.78, 5) is 11.5. The van der Waals surface area contributed by atoms with Crippen LogP contribution in [0.25, 0.3) is 0 Å². The van der Waals surface area contributed by atoms with Crippen molar-refractivity contribution in [1.29, 1.82) is 0 Å². The number of carbonyl (C=O) groups is 1. The second kappa shape index (κ2) is 6.27. The molecule has 0 saturated heterocycles. The Hall–Kier alpha value is 0.270. The Labute approximate surface area is 108 Å². The molecule has 16 heavy (non-hydrogen) atoms. The Morgan fingerprint density at radius 2 is 2.00 bits per heavy atom. The van der Waals surface area contributed by atoms with Gasteiger partial charge in [0.05, 0.1) is 5.39 Å². The minimum atomic E-state index is -1.86. The Bertz CT molecular complexity index is 287. The molecule has 1 atom stereocenters. The monoisotopic (exact) mass is 283 g/mol.